The Morgan fingerprint density at radius 3 is 1.26 bits per heavy atom. The Balaban J connectivity index is 1.62. The molecule has 0 fully saturated rings. The van der Waals surface area contributed by atoms with E-state index in [4.69, 9.17) is 12.0 Å². The van der Waals surface area contributed by atoms with E-state index in [0.29, 0.717) is 33.7 Å². The summed E-state index contributed by atoms with van der Waals surface area (Å²) in [4.78, 5) is 14.6. The molecule has 2 aromatic carbocycles. The average Bonchev–Trinajstić information content (AvgIpc) is 4.29. The van der Waals surface area contributed by atoms with Crippen LogP contribution in [0.4, 0.5) is 8.78 Å². The van der Waals surface area contributed by atoms with Crippen molar-refractivity contribution in [3.8, 4) is 11.1 Å². The van der Waals surface area contributed by atoms with E-state index in [-0.39, 0.29) is 26.6 Å². The quantitative estimate of drug-likeness (QED) is 0.0353. The van der Waals surface area contributed by atoms with Gasteiger partial charge in [0.15, 0.2) is 0 Å². The zero-order valence-corrected chi connectivity index (χ0v) is 59.2. The third-order valence-electron chi connectivity index (χ3n) is 18.2. The molecule has 423 valence electrons. The summed E-state index contributed by atoms with van der Waals surface area (Å²) in [6.07, 6.45) is 43.9. The molecule has 1 aromatic heterocycles. The maximum absolute atomic E-state index is 20.0. The molecule has 3 aliphatic rings. The average molecular weight is 1390 g/mol. The molecule has 0 bridgehead atoms. The van der Waals surface area contributed by atoms with Crippen LogP contribution in [0.2, 0.25) is 29.6 Å². The molecular weight excluding hydrogens is 1280 g/mol. The van der Waals surface area contributed by atoms with Gasteiger partial charge in [0.25, 0.3) is 0 Å². The Morgan fingerprint density at radius 2 is 0.868 bits per heavy atom. The van der Waals surface area contributed by atoms with Gasteiger partial charge in [-0.2, -0.15) is 0 Å². The fraction of sp³-hybridized carbons (Fsp3) is 0.727. The summed E-state index contributed by atoms with van der Waals surface area (Å²) in [5, 5.41) is 9.97. The third-order valence-corrected chi connectivity index (χ3v) is 31.2. The van der Waals surface area contributed by atoms with Gasteiger partial charge in [-0.05, 0) is 0 Å². The molecule has 0 aliphatic heterocycles. The Hall–Kier alpha value is -0.644. The van der Waals surface area contributed by atoms with E-state index in [0.717, 1.165) is 114 Å². The molecule has 10 heteroatoms. The van der Waals surface area contributed by atoms with Crippen molar-refractivity contribution in [1.29, 1.82) is 5.41 Å². The normalized spacial score (nSPS) is 16.3. The first kappa shape index (κ1) is 64.5. The molecule has 0 saturated carbocycles. The fourth-order valence-electron chi connectivity index (χ4n) is 14.0. The summed E-state index contributed by atoms with van der Waals surface area (Å²) in [5.41, 5.74) is 7.44. The predicted octanol–water partition coefficient (Wildman–Crippen LogP) is 20.3. The van der Waals surface area contributed by atoms with Crippen molar-refractivity contribution in [3.63, 3.8) is 0 Å². The minimum absolute atomic E-state index is 0.195. The molecule has 6 rings (SSSR count). The van der Waals surface area contributed by atoms with Crippen LogP contribution in [0.3, 0.4) is 0 Å². The van der Waals surface area contributed by atoms with Crippen LogP contribution in [0.5, 0.6) is 0 Å². The van der Waals surface area contributed by atoms with Crippen molar-refractivity contribution < 1.29 is 8.78 Å². The molecular formula is C66H105F2N4Se2Sn2. The smallest absolute Gasteiger partial charge is 0.0654 e. The standard InChI is InChI=1S/C60H87F2N4Se2.6CH3.2Sn/c1-5-9-13-17-21-25-29-33-41-59(42-34-30-26-22-18-14-10-6-2)45-37-39-47(63)57(64-67)49(45)51-53(59)56(62)52-50-46(38-40-48-58(50)66-68-65-48)60(54(52)55(51)61,43-35-31-27-23-19-15-11-7-3)44-36-32-28-24-20-16-12-8-4;;;;;;;;/h37-38,63H,5-36,41-44H2,1-4H3;6*1H3;;/b63-47?,64-57+;;;;;;;;. The minimum atomic E-state index is -3.03. The second-order valence-electron chi connectivity index (χ2n) is 26.2. The molecule has 1 N–H and O–H groups in total. The molecule has 1 heterocycles. The van der Waals surface area contributed by atoms with Crippen molar-refractivity contribution >= 4 is 99.6 Å². The molecule has 0 amide bonds. The van der Waals surface area contributed by atoms with Crippen LogP contribution < -0.4 is 3.58 Å². The van der Waals surface area contributed by atoms with Crippen LogP contribution in [0, 0.1) is 17.0 Å². The number of rotatable bonds is 38. The Kier molecular flexibility index (Phi) is 26.4. The van der Waals surface area contributed by atoms with Gasteiger partial charge < -0.3 is 0 Å². The maximum atomic E-state index is 20.0. The summed E-state index contributed by atoms with van der Waals surface area (Å²) in [5.74, 6) is -0.415. The van der Waals surface area contributed by atoms with Crippen LogP contribution in [-0.2, 0) is 10.8 Å². The van der Waals surface area contributed by atoms with E-state index in [1.54, 1.807) is 0 Å². The van der Waals surface area contributed by atoms with E-state index in [1.807, 2.05) is 0 Å². The number of fused-ring (bicyclic) bond motifs is 7. The van der Waals surface area contributed by atoms with Crippen molar-refractivity contribution in [2.24, 2.45) is 4.01 Å². The van der Waals surface area contributed by atoms with E-state index in [2.05, 4.69) is 85.7 Å². The van der Waals surface area contributed by atoms with Gasteiger partial charge in [0.05, 0.1) is 0 Å². The second-order valence-corrected chi connectivity index (χ2v) is 56.4. The minimum Gasteiger partial charge on any atom is -0.0654 e. The van der Waals surface area contributed by atoms with Gasteiger partial charge in [-0.15, -0.1) is 0 Å². The summed E-state index contributed by atoms with van der Waals surface area (Å²) >= 11 is -3.26. The summed E-state index contributed by atoms with van der Waals surface area (Å²) in [7, 11) is 0. The number of allylic oxidation sites excluding steroid dienone is 4. The van der Waals surface area contributed by atoms with Crippen LogP contribution in [-0.4, -0.2) is 87.3 Å². The molecule has 0 atom stereocenters. The Bertz CT molecular complexity index is 2410. The first-order valence-electron chi connectivity index (χ1n) is 31.7. The van der Waals surface area contributed by atoms with E-state index in [1.165, 1.54) is 158 Å². The molecule has 3 aliphatic carbocycles. The zero-order valence-electron chi connectivity index (χ0n) is 50.0. The Morgan fingerprint density at radius 1 is 0.500 bits per heavy atom. The number of unbranched alkanes of at least 4 members (excludes halogenated alkanes) is 28. The second kappa shape index (κ2) is 31.1. The summed E-state index contributed by atoms with van der Waals surface area (Å²) < 4.78 is 57.9. The zero-order chi connectivity index (χ0) is 54.9. The molecule has 3 aromatic rings. The number of halogens is 2. The first-order valence-corrected chi connectivity index (χ1v) is 54.0. The van der Waals surface area contributed by atoms with Crippen LogP contribution in [0.1, 0.15) is 281 Å². The van der Waals surface area contributed by atoms with Crippen LogP contribution in [0.15, 0.2) is 25.3 Å². The van der Waals surface area contributed by atoms with Crippen molar-refractivity contribution in [2.75, 3.05) is 0 Å². The Labute approximate surface area is 486 Å². The monoisotopic (exact) mass is 1390 g/mol. The van der Waals surface area contributed by atoms with Gasteiger partial charge in [0, 0.05) is 0 Å². The number of nitrogens with one attached hydrogen (secondary N) is 1. The number of nitrogens with zero attached hydrogens (tertiary/aromatic N) is 3. The number of benzene rings is 2. The predicted molar refractivity (Wildman–Crippen MR) is 335 cm³/mol. The molecule has 0 spiro atoms. The van der Waals surface area contributed by atoms with E-state index in [9.17, 15) is 5.41 Å². The summed E-state index contributed by atoms with van der Waals surface area (Å²) in [6.45, 7) is 9.14. The number of hydrogen-bond acceptors (Lipinski definition) is 4. The van der Waals surface area contributed by atoms with Gasteiger partial charge in [-0.3, -0.25) is 0 Å². The number of hydrogen-bond donors (Lipinski definition) is 1. The van der Waals surface area contributed by atoms with Gasteiger partial charge in [0.2, 0.25) is 0 Å². The van der Waals surface area contributed by atoms with E-state index < -0.39 is 47.6 Å². The molecule has 1 radical (unpaired) electrons. The van der Waals surface area contributed by atoms with Crippen LogP contribution in [0.25, 0.3) is 27.7 Å². The van der Waals surface area contributed by atoms with Gasteiger partial charge in [0.1, 0.15) is 0 Å². The molecule has 76 heavy (non-hydrogen) atoms. The van der Waals surface area contributed by atoms with Gasteiger partial charge in [-0.1, -0.05) is 53.4 Å². The summed E-state index contributed by atoms with van der Waals surface area (Å²) in [6, 6.07) is 2.48. The third kappa shape index (κ3) is 15.1. The topological polar surface area (TPSA) is 62.0 Å². The van der Waals surface area contributed by atoms with Crippen LogP contribution >= 0.6 is 0 Å². The van der Waals surface area contributed by atoms with E-state index >= 15 is 8.78 Å². The molecule has 0 unspecified atom stereocenters. The number of aromatic nitrogens is 2. The van der Waals surface area contributed by atoms with Gasteiger partial charge >= 0.3 is 438 Å². The molecule has 0 saturated heterocycles. The van der Waals surface area contributed by atoms with Crippen molar-refractivity contribution in [3.05, 3.63) is 55.2 Å². The molecule has 4 nitrogen and oxygen atoms in total. The SMILES string of the molecule is CCCCCCCCCCC1(CCCCCCCCCC)C2=C(/C(=N/[Se])C(=N)[C]([Sn]([CH3])([CH3])[CH3])=C2)c2c(F)c3c(c(F)c21)-c1c(c[c]([Sn]([CH3])([CH3])[CH3])c2n[se]nc12)C3(CCCCCCCCCC)CCCCCCCCCC. The van der Waals surface area contributed by atoms with Gasteiger partial charge in [-0.25, -0.2) is 0 Å². The van der Waals surface area contributed by atoms with Crippen molar-refractivity contribution in [1.82, 2.24) is 7.96 Å². The fourth-order valence-corrected chi connectivity index (χ4v) is 24.4. The first-order chi connectivity index (χ1) is 36.6. The van der Waals surface area contributed by atoms with Crippen molar-refractivity contribution in [2.45, 2.75) is 299 Å².